The second-order valence-electron chi connectivity index (χ2n) is 5.48. The maximum absolute atomic E-state index is 12.4. The summed E-state index contributed by atoms with van der Waals surface area (Å²) >= 11 is 12.2. The Hall–Kier alpha value is -0.483. The monoisotopic (exact) mass is 389 g/mol. The number of carbonyl (C=O) groups excluding carboxylic acids is 1. The Morgan fingerprint density at radius 1 is 1.00 bits per heavy atom. The van der Waals surface area contributed by atoms with Gasteiger partial charge in [-0.3, -0.25) is 4.79 Å². The van der Waals surface area contributed by atoms with Crippen LogP contribution in [0.4, 0.5) is 0 Å². The van der Waals surface area contributed by atoms with E-state index in [0.717, 1.165) is 24.1 Å². The minimum atomic E-state index is -0.0566. The Morgan fingerprint density at radius 2 is 1.64 bits per heavy atom. The van der Waals surface area contributed by atoms with Crippen molar-refractivity contribution in [3.8, 4) is 5.75 Å². The molecular weight excluding hydrogens is 369 g/mol. The summed E-state index contributed by atoms with van der Waals surface area (Å²) in [5, 5.41) is 1.73. The molecule has 0 bridgehead atoms. The molecule has 129 valence electrons. The Morgan fingerprint density at radius 3 is 2.24 bits per heavy atom. The molecule has 0 N–H and O–H groups in total. The van der Waals surface area contributed by atoms with Gasteiger partial charge in [0, 0.05) is 18.9 Å². The molecule has 0 aromatic heterocycles. The molecule has 0 saturated heterocycles. The van der Waals surface area contributed by atoms with Crippen LogP contribution in [0.2, 0.25) is 10.0 Å². The Kier molecular flexibility index (Phi) is 10.8. The summed E-state index contributed by atoms with van der Waals surface area (Å²) < 4.78 is 5.71. The molecule has 0 aliphatic rings. The average molecular weight is 390 g/mol. The van der Waals surface area contributed by atoms with Crippen LogP contribution in [-0.2, 0) is 0 Å². The van der Waals surface area contributed by atoms with Gasteiger partial charge in [-0.05, 0) is 44.6 Å². The average Bonchev–Trinajstić information content (AvgIpc) is 2.56. The molecular formula is C19H21Cl2LiO2P. The summed E-state index contributed by atoms with van der Waals surface area (Å²) in [6.07, 6.45) is 4.74. The van der Waals surface area contributed by atoms with Crippen molar-refractivity contribution in [1.82, 2.24) is 0 Å². The van der Waals surface area contributed by atoms with Gasteiger partial charge >= 0.3 is 0 Å². The first-order valence-electron chi connectivity index (χ1n) is 8.10. The van der Waals surface area contributed by atoms with E-state index in [1.54, 1.807) is 18.2 Å². The van der Waals surface area contributed by atoms with Gasteiger partial charge in [0.05, 0.1) is 22.2 Å². The predicted octanol–water partition coefficient (Wildman–Crippen LogP) is 5.72. The summed E-state index contributed by atoms with van der Waals surface area (Å²) in [6, 6.07) is 12.7. The topological polar surface area (TPSA) is 26.3 Å². The van der Waals surface area contributed by atoms with Crippen molar-refractivity contribution in [3.05, 3.63) is 58.1 Å². The third kappa shape index (κ3) is 7.34. The van der Waals surface area contributed by atoms with Crippen LogP contribution >= 0.6 is 31.8 Å². The molecule has 0 spiro atoms. The summed E-state index contributed by atoms with van der Waals surface area (Å²) in [6.45, 7) is 2.92. The molecule has 0 aliphatic carbocycles. The fourth-order valence-electron chi connectivity index (χ4n) is 2.26. The van der Waals surface area contributed by atoms with Crippen LogP contribution in [0.5, 0.6) is 5.75 Å². The molecule has 0 heterocycles. The zero-order chi connectivity index (χ0) is 17.4. The minimum absolute atomic E-state index is 0. The Balaban J connectivity index is 0.00000312. The Bertz CT molecular complexity index is 657. The molecule has 1 atom stereocenters. The summed E-state index contributed by atoms with van der Waals surface area (Å²) in [7, 11) is -0.0163. The van der Waals surface area contributed by atoms with Gasteiger partial charge in [-0.15, -0.1) is 0 Å². The molecule has 2 rings (SSSR count). The molecule has 0 aliphatic heterocycles. The summed E-state index contributed by atoms with van der Waals surface area (Å²) in [4.78, 5) is 12.4. The first-order chi connectivity index (χ1) is 11.6. The standard InChI is InChI=1S/C19H21Cl2O2P.Li/c1-2-3-4-5-13-23-14-9-11-15(12-10-14)24-19(22)18-16(20)7-6-8-17(18)21;/h6-12,24H,2-5,13H2,1H3;. The summed E-state index contributed by atoms with van der Waals surface area (Å²) in [5.41, 5.74) is 0.342. The van der Waals surface area contributed by atoms with E-state index >= 15 is 0 Å². The number of ether oxygens (including phenoxy) is 1. The van der Waals surface area contributed by atoms with Crippen LogP contribution in [0.3, 0.4) is 0 Å². The summed E-state index contributed by atoms with van der Waals surface area (Å²) in [5.74, 6) is 0.836. The molecule has 6 heteroatoms. The van der Waals surface area contributed by atoms with Gasteiger partial charge in [0.15, 0.2) is 5.52 Å². The van der Waals surface area contributed by atoms with Crippen molar-refractivity contribution in [2.45, 2.75) is 32.6 Å². The maximum atomic E-state index is 12.4. The van der Waals surface area contributed by atoms with Gasteiger partial charge in [-0.2, -0.15) is 0 Å². The van der Waals surface area contributed by atoms with E-state index < -0.39 is 0 Å². The van der Waals surface area contributed by atoms with Gasteiger partial charge in [0.2, 0.25) is 0 Å². The molecule has 0 fully saturated rings. The van der Waals surface area contributed by atoms with E-state index in [1.807, 2.05) is 24.3 Å². The number of hydrogen-bond donors (Lipinski definition) is 0. The van der Waals surface area contributed by atoms with Crippen molar-refractivity contribution in [2.75, 3.05) is 6.61 Å². The molecule has 2 aromatic rings. The number of benzene rings is 2. The SMILES string of the molecule is CCCCCCOc1ccc(PC(=O)c2c(Cl)cccc2Cl)cc1.[Li]. The zero-order valence-corrected chi connectivity index (χ0v) is 17.2. The second kappa shape index (κ2) is 12.0. The molecule has 1 unspecified atom stereocenters. The third-order valence-electron chi connectivity index (χ3n) is 3.57. The molecule has 0 saturated carbocycles. The first kappa shape index (κ1) is 22.6. The molecule has 0 amide bonds. The van der Waals surface area contributed by atoms with Gasteiger partial charge in [-0.25, -0.2) is 0 Å². The van der Waals surface area contributed by atoms with Gasteiger partial charge in [0.25, 0.3) is 0 Å². The van der Waals surface area contributed by atoms with Gasteiger partial charge < -0.3 is 4.74 Å². The first-order valence-corrected chi connectivity index (χ1v) is 9.85. The molecule has 1 radical (unpaired) electrons. The number of unbranched alkanes of at least 4 members (excludes halogenated alkanes) is 3. The fourth-order valence-corrected chi connectivity index (χ4v) is 3.98. The van der Waals surface area contributed by atoms with Gasteiger partial charge in [-0.1, -0.05) is 67.6 Å². The van der Waals surface area contributed by atoms with Crippen LogP contribution in [-0.4, -0.2) is 31.0 Å². The van der Waals surface area contributed by atoms with E-state index in [1.165, 1.54) is 19.3 Å². The number of hydrogen-bond acceptors (Lipinski definition) is 2. The third-order valence-corrected chi connectivity index (χ3v) is 5.30. The van der Waals surface area contributed by atoms with Crippen molar-refractivity contribution in [1.29, 1.82) is 0 Å². The second-order valence-corrected chi connectivity index (χ2v) is 7.58. The fraction of sp³-hybridized carbons (Fsp3) is 0.316. The van der Waals surface area contributed by atoms with Crippen molar-refractivity contribution >= 4 is 61.5 Å². The van der Waals surface area contributed by atoms with Crippen molar-refractivity contribution in [2.24, 2.45) is 0 Å². The number of carbonyl (C=O) groups is 1. The van der Waals surface area contributed by atoms with E-state index in [-0.39, 0.29) is 33.0 Å². The van der Waals surface area contributed by atoms with E-state index in [0.29, 0.717) is 15.6 Å². The molecule has 2 aromatic carbocycles. The van der Waals surface area contributed by atoms with Gasteiger partial charge in [0.1, 0.15) is 5.75 Å². The van der Waals surface area contributed by atoms with Crippen LogP contribution in [0, 0.1) is 0 Å². The van der Waals surface area contributed by atoms with Crippen LogP contribution < -0.4 is 10.0 Å². The van der Waals surface area contributed by atoms with E-state index in [9.17, 15) is 4.79 Å². The number of rotatable bonds is 9. The van der Waals surface area contributed by atoms with Crippen molar-refractivity contribution in [3.63, 3.8) is 0 Å². The smallest absolute Gasteiger partial charge is 0.188 e. The predicted molar refractivity (Wildman–Crippen MR) is 111 cm³/mol. The maximum Gasteiger partial charge on any atom is 0.188 e. The Labute approximate surface area is 173 Å². The van der Waals surface area contributed by atoms with Crippen LogP contribution in [0.1, 0.15) is 43.0 Å². The zero-order valence-electron chi connectivity index (χ0n) is 14.6. The molecule has 2 nitrogen and oxygen atoms in total. The van der Waals surface area contributed by atoms with Crippen molar-refractivity contribution < 1.29 is 9.53 Å². The minimum Gasteiger partial charge on any atom is -0.494 e. The van der Waals surface area contributed by atoms with Crippen LogP contribution in [0.25, 0.3) is 0 Å². The van der Waals surface area contributed by atoms with E-state index in [4.69, 9.17) is 27.9 Å². The largest absolute Gasteiger partial charge is 0.494 e. The molecule has 25 heavy (non-hydrogen) atoms. The van der Waals surface area contributed by atoms with Crippen LogP contribution in [0.15, 0.2) is 42.5 Å². The number of halogens is 2. The quantitative estimate of drug-likeness (QED) is 0.311. The van der Waals surface area contributed by atoms with E-state index in [2.05, 4.69) is 6.92 Å². The normalized spacial score (nSPS) is 10.7.